The molecule has 0 aromatic carbocycles. The van der Waals surface area contributed by atoms with Crippen LogP contribution in [0.1, 0.15) is 32.1 Å². The Morgan fingerprint density at radius 1 is 1.42 bits per heavy atom. The van der Waals surface area contributed by atoms with Crippen molar-refractivity contribution in [2.24, 2.45) is 5.92 Å². The number of allylic oxidation sites excluding steroid dienone is 1. The minimum absolute atomic E-state index is 0.0148. The van der Waals surface area contributed by atoms with E-state index in [1.807, 2.05) is 0 Å². The van der Waals surface area contributed by atoms with Crippen LogP contribution in [0.2, 0.25) is 0 Å². The van der Waals surface area contributed by atoms with Crippen LogP contribution in [0.15, 0.2) is 11.6 Å². The van der Waals surface area contributed by atoms with Crippen molar-refractivity contribution >= 4 is 5.97 Å². The molecule has 1 aliphatic heterocycles. The molecule has 2 heteroatoms. The van der Waals surface area contributed by atoms with Gasteiger partial charge in [0.2, 0.25) is 0 Å². The second kappa shape index (κ2) is 3.30. The lowest BCUT2D eigenvalue weighted by Gasteiger charge is -2.23. The Balaban J connectivity index is 2.10. The van der Waals surface area contributed by atoms with E-state index in [4.69, 9.17) is 4.74 Å². The van der Waals surface area contributed by atoms with Crippen molar-refractivity contribution in [3.8, 4) is 0 Å². The highest BCUT2D eigenvalue weighted by molar-refractivity contribution is 5.71. The molecule has 0 saturated carbocycles. The SMILES string of the molecule is O=C1CC2CCCCC=C2CO1. The zero-order valence-corrected chi connectivity index (χ0v) is 7.21. The normalized spacial score (nSPS) is 29.8. The number of ether oxygens (including phenoxy) is 1. The Morgan fingerprint density at radius 3 is 3.25 bits per heavy atom. The van der Waals surface area contributed by atoms with Crippen molar-refractivity contribution in [3.63, 3.8) is 0 Å². The Morgan fingerprint density at radius 2 is 2.33 bits per heavy atom. The summed E-state index contributed by atoms with van der Waals surface area (Å²) in [4.78, 5) is 11.0. The third kappa shape index (κ3) is 1.52. The van der Waals surface area contributed by atoms with Gasteiger partial charge in [-0.3, -0.25) is 4.79 Å². The van der Waals surface area contributed by atoms with E-state index in [2.05, 4.69) is 6.08 Å². The molecule has 0 amide bonds. The molecule has 0 spiro atoms. The summed E-state index contributed by atoms with van der Waals surface area (Å²) in [5.74, 6) is 0.493. The standard InChI is InChI=1S/C10H14O2/c11-10-6-8-4-2-1-3-5-9(8)7-12-10/h5,8H,1-4,6-7H2. The molecule has 66 valence electrons. The summed E-state index contributed by atoms with van der Waals surface area (Å²) in [5.41, 5.74) is 1.37. The molecule has 0 aromatic heterocycles. The van der Waals surface area contributed by atoms with Gasteiger partial charge in [-0.1, -0.05) is 12.5 Å². The fraction of sp³-hybridized carbons (Fsp3) is 0.700. The summed E-state index contributed by atoms with van der Waals surface area (Å²) in [6, 6.07) is 0. The van der Waals surface area contributed by atoms with Crippen molar-refractivity contribution in [3.05, 3.63) is 11.6 Å². The third-order valence-corrected chi connectivity index (χ3v) is 2.75. The molecular weight excluding hydrogens is 152 g/mol. The molecule has 12 heavy (non-hydrogen) atoms. The van der Waals surface area contributed by atoms with Crippen LogP contribution >= 0.6 is 0 Å². The molecule has 2 rings (SSSR count). The van der Waals surface area contributed by atoms with E-state index in [9.17, 15) is 4.79 Å². The summed E-state index contributed by atoms with van der Waals surface area (Å²) in [7, 11) is 0. The fourth-order valence-electron chi connectivity index (χ4n) is 2.01. The number of carbonyl (C=O) groups excluding carboxylic acids is 1. The molecule has 0 radical (unpaired) electrons. The fourth-order valence-corrected chi connectivity index (χ4v) is 2.01. The van der Waals surface area contributed by atoms with Gasteiger partial charge >= 0.3 is 5.97 Å². The van der Waals surface area contributed by atoms with E-state index >= 15 is 0 Å². The van der Waals surface area contributed by atoms with E-state index in [0.717, 1.165) is 0 Å². The zero-order valence-electron chi connectivity index (χ0n) is 7.21. The lowest BCUT2D eigenvalue weighted by atomic mass is 9.91. The van der Waals surface area contributed by atoms with Crippen molar-refractivity contribution in [1.82, 2.24) is 0 Å². The number of rotatable bonds is 0. The molecule has 0 N–H and O–H groups in total. The van der Waals surface area contributed by atoms with Gasteiger partial charge in [0.05, 0.1) is 6.42 Å². The van der Waals surface area contributed by atoms with Crippen LogP contribution in [0.25, 0.3) is 0 Å². The molecule has 2 aliphatic rings. The Bertz CT molecular complexity index is 218. The minimum Gasteiger partial charge on any atom is -0.461 e. The molecule has 0 aromatic rings. The maximum atomic E-state index is 11.0. The van der Waals surface area contributed by atoms with Gasteiger partial charge in [0.1, 0.15) is 6.61 Å². The van der Waals surface area contributed by atoms with E-state index in [0.29, 0.717) is 18.9 Å². The first-order valence-corrected chi connectivity index (χ1v) is 4.71. The van der Waals surface area contributed by atoms with Crippen LogP contribution in [-0.4, -0.2) is 12.6 Å². The summed E-state index contributed by atoms with van der Waals surface area (Å²) in [6.07, 6.45) is 7.77. The van der Waals surface area contributed by atoms with Crippen LogP contribution in [0.5, 0.6) is 0 Å². The van der Waals surface area contributed by atoms with Gasteiger partial charge in [0.15, 0.2) is 0 Å². The molecule has 1 heterocycles. The molecule has 1 atom stereocenters. The number of cyclic esters (lactones) is 1. The monoisotopic (exact) mass is 166 g/mol. The van der Waals surface area contributed by atoms with Gasteiger partial charge in [-0.25, -0.2) is 0 Å². The summed E-state index contributed by atoms with van der Waals surface area (Å²) in [6.45, 7) is 0.559. The molecule has 1 fully saturated rings. The smallest absolute Gasteiger partial charge is 0.306 e. The van der Waals surface area contributed by atoms with Gasteiger partial charge < -0.3 is 4.74 Å². The molecule has 2 nitrogen and oxygen atoms in total. The van der Waals surface area contributed by atoms with Gasteiger partial charge in [-0.2, -0.15) is 0 Å². The van der Waals surface area contributed by atoms with Crippen LogP contribution in [0.3, 0.4) is 0 Å². The Labute approximate surface area is 72.6 Å². The van der Waals surface area contributed by atoms with Gasteiger partial charge in [0.25, 0.3) is 0 Å². The predicted octanol–water partition coefficient (Wildman–Crippen LogP) is 2.05. The zero-order chi connectivity index (χ0) is 8.39. The number of hydrogen-bond acceptors (Lipinski definition) is 2. The number of carbonyl (C=O) groups is 1. The molecule has 1 saturated heterocycles. The maximum Gasteiger partial charge on any atom is 0.306 e. The van der Waals surface area contributed by atoms with Crippen molar-refractivity contribution in [2.45, 2.75) is 32.1 Å². The van der Waals surface area contributed by atoms with Gasteiger partial charge in [-0.05, 0) is 30.8 Å². The highest BCUT2D eigenvalue weighted by atomic mass is 16.5. The number of esters is 1. The Kier molecular flexibility index (Phi) is 2.15. The van der Waals surface area contributed by atoms with Crippen molar-refractivity contribution < 1.29 is 9.53 Å². The molecular formula is C10H14O2. The molecule has 1 unspecified atom stereocenters. The quantitative estimate of drug-likeness (QED) is 0.406. The number of fused-ring (bicyclic) bond motifs is 1. The molecule has 0 bridgehead atoms. The highest BCUT2D eigenvalue weighted by Gasteiger charge is 2.25. The first-order valence-electron chi connectivity index (χ1n) is 4.71. The minimum atomic E-state index is -0.0148. The van der Waals surface area contributed by atoms with E-state index in [1.54, 1.807) is 0 Å². The lowest BCUT2D eigenvalue weighted by Crippen LogP contribution is -2.23. The number of hydrogen-bond donors (Lipinski definition) is 0. The maximum absolute atomic E-state index is 11.0. The van der Waals surface area contributed by atoms with Crippen LogP contribution in [0, 0.1) is 5.92 Å². The Hall–Kier alpha value is -0.790. The van der Waals surface area contributed by atoms with Crippen LogP contribution in [0.4, 0.5) is 0 Å². The first kappa shape index (κ1) is 7.84. The summed E-state index contributed by atoms with van der Waals surface area (Å²) in [5, 5.41) is 0. The van der Waals surface area contributed by atoms with E-state index < -0.39 is 0 Å². The second-order valence-electron chi connectivity index (χ2n) is 3.63. The largest absolute Gasteiger partial charge is 0.461 e. The summed E-state index contributed by atoms with van der Waals surface area (Å²) >= 11 is 0. The first-order chi connectivity index (χ1) is 5.86. The highest BCUT2D eigenvalue weighted by Crippen LogP contribution is 2.30. The second-order valence-corrected chi connectivity index (χ2v) is 3.63. The van der Waals surface area contributed by atoms with Gasteiger partial charge in [0, 0.05) is 0 Å². The average molecular weight is 166 g/mol. The van der Waals surface area contributed by atoms with E-state index in [1.165, 1.54) is 31.3 Å². The van der Waals surface area contributed by atoms with Gasteiger partial charge in [-0.15, -0.1) is 0 Å². The van der Waals surface area contributed by atoms with Crippen molar-refractivity contribution in [1.29, 1.82) is 0 Å². The predicted molar refractivity (Wildman–Crippen MR) is 45.6 cm³/mol. The van der Waals surface area contributed by atoms with Crippen molar-refractivity contribution in [2.75, 3.05) is 6.61 Å². The summed E-state index contributed by atoms with van der Waals surface area (Å²) < 4.78 is 5.00. The van der Waals surface area contributed by atoms with E-state index in [-0.39, 0.29) is 5.97 Å². The topological polar surface area (TPSA) is 26.3 Å². The van der Waals surface area contributed by atoms with Crippen LogP contribution in [-0.2, 0) is 9.53 Å². The molecule has 1 aliphatic carbocycles. The average Bonchev–Trinajstić information content (AvgIpc) is 2.28. The third-order valence-electron chi connectivity index (χ3n) is 2.75. The van der Waals surface area contributed by atoms with Crippen LogP contribution < -0.4 is 0 Å². The lowest BCUT2D eigenvalue weighted by molar-refractivity contribution is -0.146.